The smallest absolute Gasteiger partial charge is 0.315 e. The molecule has 3 saturated carbocycles. The number of Topliss-reactive ketones (excluding diaryl/α,β-unsaturated/α-hetero) is 1. The number of hydrogen-bond donors (Lipinski definition) is 4. The van der Waals surface area contributed by atoms with Gasteiger partial charge in [0.15, 0.2) is 0 Å². The monoisotopic (exact) mass is 743 g/mol. The third kappa shape index (κ3) is 8.65. The van der Waals surface area contributed by atoms with Crippen LogP contribution in [0.1, 0.15) is 96.8 Å². The molecular weight excluding hydrogens is 686 g/mol. The summed E-state index contributed by atoms with van der Waals surface area (Å²) < 4.78 is 12.4. The molecule has 4 aliphatic rings. The molecule has 292 valence electrons. The van der Waals surface area contributed by atoms with E-state index in [4.69, 9.17) is 15.2 Å². The van der Waals surface area contributed by atoms with Crippen LogP contribution in [0.4, 0.5) is 4.79 Å². The summed E-state index contributed by atoms with van der Waals surface area (Å²) in [5, 5.41) is 9.11. The molecule has 1 saturated heterocycles. The van der Waals surface area contributed by atoms with Gasteiger partial charge in [-0.15, -0.1) is 0 Å². The molecule has 6 atom stereocenters. The number of carbonyl (C=O) groups is 5. The Morgan fingerprint density at radius 2 is 1.56 bits per heavy atom. The summed E-state index contributed by atoms with van der Waals surface area (Å²) in [7, 11) is 0. The van der Waals surface area contributed by atoms with E-state index in [1.807, 2.05) is 81.4 Å². The standard InChI is InChI=1S/C42H57N5O7/c1-40(2,3)34(38(51)47-23-29-31(41(29,4)5)32(47)37(50)44-30(22-26-18-19-26)33(48)36(43)49)45-39(52)46-42(20-12-13-21-42)35(28-16-10-7-11-17-28)54-25-53-24-27-14-8-6-9-15-27/h6-11,14-17,26,29-32,34-35H,12-13,18-25H2,1-5H3,(H2,43,49)(H,44,50)(H2,45,46,52)/t29-,30?,31-,32-,34+,35?/m0/s1. The number of hydrogen-bond acceptors (Lipinski definition) is 7. The molecule has 1 heterocycles. The predicted octanol–water partition coefficient (Wildman–Crippen LogP) is 4.77. The Labute approximate surface area is 318 Å². The van der Waals surface area contributed by atoms with Crippen LogP contribution in [0.15, 0.2) is 60.7 Å². The minimum Gasteiger partial charge on any atom is -0.363 e. The fourth-order valence-electron chi connectivity index (χ4n) is 8.88. The van der Waals surface area contributed by atoms with E-state index in [9.17, 15) is 24.0 Å². The van der Waals surface area contributed by atoms with Crippen molar-refractivity contribution < 1.29 is 33.4 Å². The highest BCUT2D eigenvalue weighted by atomic mass is 16.7. The van der Waals surface area contributed by atoms with E-state index in [0.29, 0.717) is 32.4 Å². The number of amides is 5. The average Bonchev–Trinajstić information content (AvgIpc) is 3.88. The maximum atomic E-state index is 14.6. The molecule has 54 heavy (non-hydrogen) atoms. The largest absolute Gasteiger partial charge is 0.363 e. The van der Waals surface area contributed by atoms with Gasteiger partial charge in [0, 0.05) is 6.54 Å². The van der Waals surface area contributed by atoms with Crippen molar-refractivity contribution in [3.05, 3.63) is 71.8 Å². The Balaban J connectivity index is 1.19. The average molecular weight is 744 g/mol. The third-order valence-corrected chi connectivity index (χ3v) is 12.2. The Hall–Kier alpha value is -4.29. The third-order valence-electron chi connectivity index (χ3n) is 12.2. The van der Waals surface area contributed by atoms with Gasteiger partial charge < -0.3 is 36.1 Å². The number of nitrogens with two attached hydrogens (primary N) is 1. The lowest BCUT2D eigenvalue weighted by Crippen LogP contribution is -2.63. The van der Waals surface area contributed by atoms with Crippen LogP contribution in [0.25, 0.3) is 0 Å². The molecule has 0 aromatic heterocycles. The van der Waals surface area contributed by atoms with Gasteiger partial charge in [-0.2, -0.15) is 0 Å². The van der Waals surface area contributed by atoms with E-state index in [1.54, 1.807) is 4.90 Å². The van der Waals surface area contributed by atoms with Crippen molar-refractivity contribution in [3.63, 3.8) is 0 Å². The molecule has 12 nitrogen and oxygen atoms in total. The Morgan fingerprint density at radius 3 is 2.15 bits per heavy atom. The number of fused-ring (bicyclic) bond motifs is 1. The molecule has 0 radical (unpaired) electrons. The second-order valence-electron chi connectivity index (χ2n) is 17.5. The zero-order chi connectivity index (χ0) is 38.8. The van der Waals surface area contributed by atoms with Crippen LogP contribution in [-0.2, 0) is 35.3 Å². The molecule has 6 rings (SSSR count). The van der Waals surface area contributed by atoms with E-state index in [0.717, 1.165) is 36.8 Å². The number of piperidine rings is 1. The molecule has 5 N–H and O–H groups in total. The van der Waals surface area contributed by atoms with Crippen LogP contribution >= 0.6 is 0 Å². The molecule has 2 aromatic carbocycles. The molecule has 2 aromatic rings. The van der Waals surface area contributed by atoms with Crippen LogP contribution in [0, 0.1) is 28.6 Å². The number of carbonyl (C=O) groups excluding carboxylic acids is 5. The predicted molar refractivity (Wildman–Crippen MR) is 202 cm³/mol. The summed E-state index contributed by atoms with van der Waals surface area (Å²) in [4.78, 5) is 69.1. The van der Waals surface area contributed by atoms with Crippen LogP contribution in [0.5, 0.6) is 0 Å². The fourth-order valence-corrected chi connectivity index (χ4v) is 8.88. The minimum atomic E-state index is -1.09. The molecule has 5 amide bonds. The van der Waals surface area contributed by atoms with Gasteiger partial charge in [-0.25, -0.2) is 4.79 Å². The first-order valence-electron chi connectivity index (χ1n) is 19.4. The number of urea groups is 1. The number of primary amides is 1. The molecule has 3 aliphatic carbocycles. The first-order chi connectivity index (χ1) is 25.6. The first-order valence-corrected chi connectivity index (χ1v) is 19.4. The van der Waals surface area contributed by atoms with Gasteiger partial charge in [-0.05, 0) is 59.0 Å². The number of ketones is 1. The van der Waals surface area contributed by atoms with Crippen molar-refractivity contribution in [3.8, 4) is 0 Å². The summed E-state index contributed by atoms with van der Waals surface area (Å²) in [6.07, 6.45) is 4.80. The number of likely N-dealkylation sites (tertiary alicyclic amines) is 1. The zero-order valence-corrected chi connectivity index (χ0v) is 32.3. The maximum absolute atomic E-state index is 14.6. The van der Waals surface area contributed by atoms with Crippen molar-refractivity contribution in [1.29, 1.82) is 0 Å². The number of nitrogens with one attached hydrogen (secondary N) is 3. The summed E-state index contributed by atoms with van der Waals surface area (Å²) in [5.41, 5.74) is 5.62. The topological polar surface area (TPSA) is 169 Å². The normalized spacial score (nSPS) is 24.1. The summed E-state index contributed by atoms with van der Waals surface area (Å²) in [6.45, 7) is 10.6. The lowest BCUT2D eigenvalue weighted by molar-refractivity contribution is -0.145. The molecule has 0 spiro atoms. The van der Waals surface area contributed by atoms with E-state index in [2.05, 4.69) is 29.8 Å². The van der Waals surface area contributed by atoms with Crippen molar-refractivity contribution >= 4 is 29.5 Å². The van der Waals surface area contributed by atoms with Gasteiger partial charge in [-0.3, -0.25) is 19.2 Å². The molecule has 4 fully saturated rings. The van der Waals surface area contributed by atoms with Crippen LogP contribution in [0.2, 0.25) is 0 Å². The van der Waals surface area contributed by atoms with Crippen molar-refractivity contribution in [2.75, 3.05) is 13.3 Å². The fraction of sp³-hybridized carbons (Fsp3) is 0.595. The summed E-state index contributed by atoms with van der Waals surface area (Å²) in [6, 6.07) is 16.3. The number of rotatable bonds is 16. The molecule has 1 aliphatic heterocycles. The van der Waals surface area contributed by atoms with E-state index in [-0.39, 0.29) is 35.9 Å². The SMILES string of the molecule is CC(C)(C)[C@H](NC(=O)NC1(C(OCOCc2ccccc2)c2ccccc2)CCCC1)C(=O)N1C[C@H]2[C@@H]([C@H]1C(=O)NC(CC1CC1)C(=O)C(N)=O)C2(C)C. The second-order valence-corrected chi connectivity index (χ2v) is 17.5. The summed E-state index contributed by atoms with van der Waals surface area (Å²) in [5.74, 6) is -2.56. The van der Waals surface area contributed by atoms with Crippen molar-refractivity contribution in [2.45, 2.75) is 116 Å². The Morgan fingerprint density at radius 1 is 0.926 bits per heavy atom. The Bertz CT molecular complexity index is 1680. The molecule has 2 unspecified atom stereocenters. The highest BCUT2D eigenvalue weighted by Gasteiger charge is 2.70. The Kier molecular flexibility index (Phi) is 11.5. The second kappa shape index (κ2) is 15.8. The molecule has 12 heteroatoms. The lowest BCUT2D eigenvalue weighted by Gasteiger charge is -2.41. The maximum Gasteiger partial charge on any atom is 0.315 e. The van der Waals surface area contributed by atoms with E-state index in [1.165, 1.54) is 0 Å². The molecular formula is C42H57N5O7. The van der Waals surface area contributed by atoms with Crippen LogP contribution in [0.3, 0.4) is 0 Å². The van der Waals surface area contributed by atoms with Gasteiger partial charge in [0.2, 0.25) is 17.6 Å². The number of benzene rings is 2. The highest BCUT2D eigenvalue weighted by Crippen LogP contribution is 2.65. The highest BCUT2D eigenvalue weighted by molar-refractivity contribution is 6.37. The van der Waals surface area contributed by atoms with Gasteiger partial charge in [0.25, 0.3) is 5.91 Å². The first kappa shape index (κ1) is 39.4. The van der Waals surface area contributed by atoms with E-state index < -0.39 is 58.8 Å². The van der Waals surface area contributed by atoms with Gasteiger partial charge in [-0.1, -0.05) is 121 Å². The number of nitrogens with zero attached hydrogens (tertiary/aromatic N) is 1. The number of ether oxygens (including phenoxy) is 2. The van der Waals surface area contributed by atoms with Gasteiger partial charge in [0.1, 0.15) is 25.0 Å². The molecule has 0 bridgehead atoms. The zero-order valence-electron chi connectivity index (χ0n) is 32.3. The van der Waals surface area contributed by atoms with Gasteiger partial charge >= 0.3 is 6.03 Å². The summed E-state index contributed by atoms with van der Waals surface area (Å²) >= 11 is 0. The van der Waals surface area contributed by atoms with Crippen LogP contribution in [-0.4, -0.2) is 71.4 Å². The minimum absolute atomic E-state index is 0.0201. The van der Waals surface area contributed by atoms with Crippen LogP contribution < -0.4 is 21.7 Å². The van der Waals surface area contributed by atoms with E-state index >= 15 is 0 Å². The van der Waals surface area contributed by atoms with Crippen molar-refractivity contribution in [1.82, 2.24) is 20.9 Å². The quantitative estimate of drug-likeness (QED) is 0.109. The lowest BCUT2D eigenvalue weighted by atomic mass is 9.84. The van der Waals surface area contributed by atoms with Crippen molar-refractivity contribution in [2.24, 2.45) is 34.3 Å². The van der Waals surface area contributed by atoms with Gasteiger partial charge in [0.05, 0.1) is 18.2 Å².